The quantitative estimate of drug-likeness (QED) is 0.277. The van der Waals surface area contributed by atoms with Crippen LogP contribution in [0.4, 0.5) is 0 Å². The molecule has 2 heterocycles. The van der Waals surface area contributed by atoms with Gasteiger partial charge in [0.05, 0.1) is 26.0 Å². The molecule has 0 aliphatic carbocycles. The standard InChI is InChI=1S/C17H27N3O3.HI/c1-14(2)13-20-16(18-8-6-15-5-4-10-21-15)19-9-7-17(3)22-11-12-23-17;/h4-5,10H,1,6-9,11-13H2,2-3H3,(H2,18,19,20);1H. The normalized spacial score (nSPS) is 16.5. The van der Waals surface area contributed by atoms with Crippen molar-refractivity contribution in [1.29, 1.82) is 0 Å². The molecule has 2 rings (SSSR count). The first-order valence-corrected chi connectivity index (χ1v) is 8.04. The van der Waals surface area contributed by atoms with E-state index in [1.165, 1.54) is 0 Å². The van der Waals surface area contributed by atoms with Crippen LogP contribution in [0.1, 0.15) is 26.0 Å². The summed E-state index contributed by atoms with van der Waals surface area (Å²) in [6.45, 7) is 11.2. The minimum Gasteiger partial charge on any atom is -0.469 e. The number of nitrogens with zero attached hydrogens (tertiary/aromatic N) is 1. The number of nitrogens with one attached hydrogen (secondary N) is 2. The van der Waals surface area contributed by atoms with Crippen LogP contribution in [0.2, 0.25) is 0 Å². The second-order valence-corrected chi connectivity index (χ2v) is 5.89. The van der Waals surface area contributed by atoms with Crippen LogP contribution >= 0.6 is 24.0 Å². The predicted molar refractivity (Wildman–Crippen MR) is 106 cm³/mol. The summed E-state index contributed by atoms with van der Waals surface area (Å²) >= 11 is 0. The van der Waals surface area contributed by atoms with Crippen LogP contribution in [0.3, 0.4) is 0 Å². The highest BCUT2D eigenvalue weighted by atomic mass is 127. The second-order valence-electron chi connectivity index (χ2n) is 5.89. The molecule has 24 heavy (non-hydrogen) atoms. The highest BCUT2D eigenvalue weighted by Gasteiger charge is 2.30. The Morgan fingerprint density at radius 3 is 2.62 bits per heavy atom. The van der Waals surface area contributed by atoms with Gasteiger partial charge in [0.15, 0.2) is 11.7 Å². The average molecular weight is 449 g/mol. The van der Waals surface area contributed by atoms with Crippen LogP contribution in [0.25, 0.3) is 0 Å². The largest absolute Gasteiger partial charge is 0.469 e. The van der Waals surface area contributed by atoms with Crippen molar-refractivity contribution in [3.8, 4) is 0 Å². The van der Waals surface area contributed by atoms with E-state index in [1.54, 1.807) is 6.26 Å². The van der Waals surface area contributed by atoms with Gasteiger partial charge in [-0.1, -0.05) is 12.2 Å². The van der Waals surface area contributed by atoms with E-state index in [1.807, 2.05) is 26.0 Å². The van der Waals surface area contributed by atoms with Gasteiger partial charge in [0.25, 0.3) is 0 Å². The van der Waals surface area contributed by atoms with Crippen molar-refractivity contribution in [3.05, 3.63) is 36.3 Å². The zero-order valence-corrected chi connectivity index (χ0v) is 16.8. The van der Waals surface area contributed by atoms with Crippen LogP contribution < -0.4 is 10.6 Å². The molecular formula is C17H28IN3O3. The summed E-state index contributed by atoms with van der Waals surface area (Å²) < 4.78 is 16.5. The Labute approximate surface area is 161 Å². The van der Waals surface area contributed by atoms with Crippen molar-refractivity contribution in [2.45, 2.75) is 32.5 Å². The number of furan rings is 1. The van der Waals surface area contributed by atoms with Crippen LogP contribution in [-0.2, 0) is 15.9 Å². The molecular weight excluding hydrogens is 421 g/mol. The van der Waals surface area contributed by atoms with Crippen molar-refractivity contribution in [2.24, 2.45) is 4.99 Å². The molecule has 0 radical (unpaired) electrons. The van der Waals surface area contributed by atoms with Gasteiger partial charge in [-0.2, -0.15) is 0 Å². The monoisotopic (exact) mass is 449 g/mol. The minimum absolute atomic E-state index is 0. The van der Waals surface area contributed by atoms with E-state index in [4.69, 9.17) is 13.9 Å². The fourth-order valence-electron chi connectivity index (χ4n) is 2.26. The van der Waals surface area contributed by atoms with Gasteiger partial charge in [-0.25, -0.2) is 4.99 Å². The van der Waals surface area contributed by atoms with Gasteiger partial charge in [-0.05, 0) is 26.0 Å². The van der Waals surface area contributed by atoms with Gasteiger partial charge < -0.3 is 24.5 Å². The zero-order valence-electron chi connectivity index (χ0n) is 14.5. The van der Waals surface area contributed by atoms with Crippen LogP contribution in [0, 0.1) is 0 Å². The van der Waals surface area contributed by atoms with Crippen LogP contribution in [-0.4, -0.2) is 44.6 Å². The molecule has 0 amide bonds. The maximum absolute atomic E-state index is 5.60. The molecule has 1 aromatic heterocycles. The molecule has 0 spiro atoms. The molecule has 1 aliphatic heterocycles. The van der Waals surface area contributed by atoms with E-state index < -0.39 is 5.79 Å². The zero-order chi connectivity index (χ0) is 16.5. The molecule has 1 aliphatic rings. The second kappa shape index (κ2) is 10.7. The third-order valence-electron chi connectivity index (χ3n) is 3.52. The molecule has 136 valence electrons. The molecule has 7 heteroatoms. The molecule has 1 saturated heterocycles. The van der Waals surface area contributed by atoms with Crippen molar-refractivity contribution < 1.29 is 13.9 Å². The average Bonchev–Trinajstić information content (AvgIpc) is 3.16. The number of rotatable bonds is 8. The third-order valence-corrected chi connectivity index (χ3v) is 3.52. The molecule has 0 aromatic carbocycles. The van der Waals surface area contributed by atoms with E-state index in [-0.39, 0.29) is 24.0 Å². The first-order chi connectivity index (χ1) is 11.1. The predicted octanol–water partition coefficient (Wildman–Crippen LogP) is 2.70. The van der Waals surface area contributed by atoms with Crippen LogP contribution in [0.15, 0.2) is 40.0 Å². The van der Waals surface area contributed by atoms with E-state index in [0.29, 0.717) is 19.8 Å². The summed E-state index contributed by atoms with van der Waals surface area (Å²) in [5.74, 6) is 1.24. The maximum atomic E-state index is 5.60. The van der Waals surface area contributed by atoms with Crippen molar-refractivity contribution in [1.82, 2.24) is 10.6 Å². The molecule has 0 saturated carbocycles. The number of hydrogen-bond donors (Lipinski definition) is 2. The topological polar surface area (TPSA) is 68.0 Å². The molecule has 0 bridgehead atoms. The van der Waals surface area contributed by atoms with Gasteiger partial charge in [0.1, 0.15) is 5.76 Å². The lowest BCUT2D eigenvalue weighted by atomic mass is 10.2. The Kier molecular flexibility index (Phi) is 9.38. The van der Waals surface area contributed by atoms with Gasteiger partial charge in [0.2, 0.25) is 0 Å². The highest BCUT2D eigenvalue weighted by molar-refractivity contribution is 14.0. The van der Waals surface area contributed by atoms with Gasteiger partial charge >= 0.3 is 0 Å². The first-order valence-electron chi connectivity index (χ1n) is 8.04. The Bertz CT molecular complexity index is 511. The number of aliphatic imine (C=N–C) groups is 1. The van der Waals surface area contributed by atoms with Crippen molar-refractivity contribution in [3.63, 3.8) is 0 Å². The van der Waals surface area contributed by atoms with E-state index >= 15 is 0 Å². The smallest absolute Gasteiger partial charge is 0.191 e. The number of ether oxygens (including phenoxy) is 2. The summed E-state index contributed by atoms with van der Waals surface area (Å²) in [5, 5.41) is 6.62. The first kappa shape index (κ1) is 21.0. The lowest BCUT2D eigenvalue weighted by Crippen LogP contribution is -2.41. The van der Waals surface area contributed by atoms with Gasteiger partial charge in [-0.3, -0.25) is 0 Å². The lowest BCUT2D eigenvalue weighted by Gasteiger charge is -2.23. The summed E-state index contributed by atoms with van der Waals surface area (Å²) in [6.07, 6.45) is 3.26. The minimum atomic E-state index is -0.485. The van der Waals surface area contributed by atoms with Gasteiger partial charge in [0, 0.05) is 25.9 Å². The van der Waals surface area contributed by atoms with Crippen LogP contribution in [0.5, 0.6) is 0 Å². The van der Waals surface area contributed by atoms with E-state index in [9.17, 15) is 0 Å². The molecule has 0 atom stereocenters. The summed E-state index contributed by atoms with van der Waals surface area (Å²) in [6, 6.07) is 3.86. The Balaban J connectivity index is 0.00000288. The Morgan fingerprint density at radius 2 is 2.00 bits per heavy atom. The summed E-state index contributed by atoms with van der Waals surface area (Å²) in [5.41, 5.74) is 1.02. The maximum Gasteiger partial charge on any atom is 0.191 e. The summed E-state index contributed by atoms with van der Waals surface area (Å²) in [7, 11) is 0. The van der Waals surface area contributed by atoms with E-state index in [0.717, 1.165) is 43.2 Å². The summed E-state index contributed by atoms with van der Waals surface area (Å²) in [4.78, 5) is 4.51. The molecule has 1 aromatic rings. The number of guanidine groups is 1. The fraction of sp³-hybridized carbons (Fsp3) is 0.588. The third kappa shape index (κ3) is 7.67. The van der Waals surface area contributed by atoms with Gasteiger partial charge in [-0.15, -0.1) is 24.0 Å². The number of hydrogen-bond acceptors (Lipinski definition) is 4. The van der Waals surface area contributed by atoms with Crippen molar-refractivity contribution >= 4 is 29.9 Å². The Hall–Kier alpha value is -1.06. The molecule has 2 N–H and O–H groups in total. The number of halogens is 1. The Morgan fingerprint density at radius 1 is 1.29 bits per heavy atom. The van der Waals surface area contributed by atoms with E-state index in [2.05, 4.69) is 22.2 Å². The fourth-order valence-corrected chi connectivity index (χ4v) is 2.26. The highest BCUT2D eigenvalue weighted by Crippen LogP contribution is 2.21. The van der Waals surface area contributed by atoms with Crippen molar-refractivity contribution in [2.75, 3.05) is 32.8 Å². The SMILES string of the molecule is C=C(C)CN=C(NCCc1ccco1)NCCC1(C)OCCO1.I. The molecule has 1 fully saturated rings. The molecule has 0 unspecified atom stereocenters. The lowest BCUT2D eigenvalue weighted by molar-refractivity contribution is -0.145. The molecule has 6 nitrogen and oxygen atoms in total.